The number of hydrogen-bond donors (Lipinski definition) is 0. The van der Waals surface area contributed by atoms with Crippen LogP contribution in [0, 0.1) is 6.58 Å². The third-order valence-electron chi connectivity index (χ3n) is 1.36. The van der Waals surface area contributed by atoms with Crippen LogP contribution in [0.2, 0.25) is 0 Å². The maximum Gasteiger partial charge on any atom is 2.00 e. The van der Waals surface area contributed by atoms with Gasteiger partial charge in [0.05, 0.1) is 0 Å². The van der Waals surface area contributed by atoms with E-state index >= 15 is 0 Å². The average Bonchev–Trinajstić information content (AvgIpc) is 2.01. The van der Waals surface area contributed by atoms with Gasteiger partial charge in [-0.05, 0) is 5.75 Å². The minimum Gasteiger partial charge on any atom is -1.00 e. The molecule has 0 fully saturated rings. The predicted octanol–water partition coefficient (Wildman–Crippen LogP) is -2.57. The summed E-state index contributed by atoms with van der Waals surface area (Å²) < 4.78 is 0. The third-order valence-corrected chi connectivity index (χ3v) is 2.03. The Bertz CT molecular complexity index is 143. The van der Waals surface area contributed by atoms with E-state index < -0.39 is 0 Å². The molecular weight excluding hydrogens is 400 g/mol. The minimum absolute atomic E-state index is 0. The molecule has 5 heteroatoms. The third kappa shape index (κ3) is 26.0. The Labute approximate surface area is 147 Å². The van der Waals surface area contributed by atoms with Gasteiger partial charge < -0.3 is 34.0 Å². The molecule has 0 N–H and O–H groups in total. The first kappa shape index (κ1) is 30.3. The molecule has 0 radical (unpaired) electrons. The monoisotopic (exact) mass is 414 g/mol. The fourth-order valence-corrected chi connectivity index (χ4v) is 1.16. The molecule has 0 aromatic rings. The molecule has 0 unspecified atom stereocenters. The van der Waals surface area contributed by atoms with Crippen molar-refractivity contribution in [3.63, 3.8) is 0 Å². The van der Waals surface area contributed by atoms with Crippen LogP contribution in [0.25, 0.3) is 0 Å². The van der Waals surface area contributed by atoms with E-state index in [2.05, 4.69) is 19.3 Å². The Balaban J connectivity index is -0.0000000833. The van der Waals surface area contributed by atoms with Crippen molar-refractivity contribution in [3.05, 3.63) is 23.6 Å². The Morgan fingerprint density at radius 3 is 2.20 bits per heavy atom. The van der Waals surface area contributed by atoms with Crippen LogP contribution in [0.1, 0.15) is 33.1 Å². The van der Waals surface area contributed by atoms with Gasteiger partial charge in [0.15, 0.2) is 0 Å². The van der Waals surface area contributed by atoms with Crippen molar-refractivity contribution in [3.8, 4) is 0 Å². The summed E-state index contributed by atoms with van der Waals surface area (Å²) in [7, 11) is 0. The maximum atomic E-state index is 5.72. The minimum atomic E-state index is 0. The Morgan fingerprint density at radius 1 is 1.27 bits per heavy atom. The molecule has 0 amide bonds. The molecule has 0 aromatic heterocycles. The van der Waals surface area contributed by atoms with Crippen molar-refractivity contribution >= 4 is 34.8 Å². The summed E-state index contributed by atoms with van der Waals surface area (Å²) >= 11 is 1.79. The second kappa shape index (κ2) is 25.1. The van der Waals surface area contributed by atoms with Crippen molar-refractivity contribution in [2.24, 2.45) is 0 Å². The van der Waals surface area contributed by atoms with Gasteiger partial charge in [0.25, 0.3) is 0 Å². The Morgan fingerprint density at radius 2 is 1.80 bits per heavy atom. The van der Waals surface area contributed by atoms with E-state index in [0.717, 1.165) is 17.7 Å². The summed E-state index contributed by atoms with van der Waals surface area (Å²) in [6.45, 7) is 10.0. The van der Waals surface area contributed by atoms with Crippen molar-refractivity contribution in [2.45, 2.75) is 33.1 Å². The number of halogens is 2. The fraction of sp³-hybridized carbons (Fsp3) is 0.600. The average molecular weight is 417 g/mol. The number of thioether (sulfide) groups is 1. The first-order valence-electron chi connectivity index (χ1n) is 4.20. The van der Waals surface area contributed by atoms with Crippen molar-refractivity contribution < 1.29 is 51.0 Å². The summed E-state index contributed by atoms with van der Waals surface area (Å²) in [5.41, 5.74) is 1.01. The number of unbranched alkanes of at least 4 members (excludes halogenated alkanes) is 1. The number of rotatable bonds is 6. The van der Waals surface area contributed by atoms with Crippen LogP contribution < -0.4 is 34.0 Å². The van der Waals surface area contributed by atoms with Crippen LogP contribution >= 0.6 is 11.8 Å². The molecule has 0 heterocycles. The van der Waals surface area contributed by atoms with Crippen LogP contribution in [0.15, 0.2) is 17.1 Å². The van der Waals surface area contributed by atoms with E-state index in [0.29, 0.717) is 0 Å². The smallest absolute Gasteiger partial charge is 1.00 e. The first-order valence-corrected chi connectivity index (χ1v) is 5.25. The number of allylic oxidation sites excluding steroid dienone is 2. The van der Waals surface area contributed by atoms with Gasteiger partial charge in [-0.3, -0.25) is 6.58 Å². The molecule has 0 aliphatic rings. The summed E-state index contributed by atoms with van der Waals surface area (Å²) in [5.74, 6) is 1.12. The van der Waals surface area contributed by atoms with E-state index in [9.17, 15) is 0 Å². The summed E-state index contributed by atoms with van der Waals surface area (Å²) in [4.78, 5) is 0. The SMILES string of the molecule is [Br-].[Br-].[CH-]=C(/C=C/SCC)CCCC.[Cu+].[Mg+2]. The molecule has 90 valence electrons. The second-order valence-electron chi connectivity index (χ2n) is 2.44. The molecule has 0 saturated heterocycles. The molecule has 0 aliphatic carbocycles. The zero-order valence-electron chi connectivity index (χ0n) is 9.23. The molecule has 15 heavy (non-hydrogen) atoms. The zero-order valence-corrected chi connectivity index (χ0v) is 15.6. The van der Waals surface area contributed by atoms with Crippen molar-refractivity contribution in [1.82, 2.24) is 0 Å². The van der Waals surface area contributed by atoms with Gasteiger partial charge in [0.2, 0.25) is 0 Å². The molecule has 0 nitrogen and oxygen atoms in total. The molecular formula is C10H17Br2CuMgS. The molecule has 0 spiro atoms. The van der Waals surface area contributed by atoms with Crippen LogP contribution in [0.5, 0.6) is 0 Å². The second-order valence-corrected chi connectivity index (χ2v) is 3.62. The molecule has 0 rings (SSSR count). The molecule has 0 aliphatic heterocycles. The van der Waals surface area contributed by atoms with Crippen LogP contribution in [-0.2, 0) is 17.1 Å². The van der Waals surface area contributed by atoms with Gasteiger partial charge in [-0.15, -0.1) is 5.41 Å². The van der Waals surface area contributed by atoms with E-state index in [1.807, 2.05) is 6.08 Å². The van der Waals surface area contributed by atoms with E-state index in [1.165, 1.54) is 12.8 Å². The molecule has 0 aromatic carbocycles. The van der Waals surface area contributed by atoms with E-state index in [4.69, 9.17) is 6.58 Å². The van der Waals surface area contributed by atoms with Crippen LogP contribution in [-0.4, -0.2) is 28.8 Å². The molecule has 0 bridgehead atoms. The van der Waals surface area contributed by atoms with Gasteiger partial charge in [0, 0.05) is 0 Å². The van der Waals surface area contributed by atoms with Gasteiger partial charge in [0.1, 0.15) is 0 Å². The Kier molecular flexibility index (Phi) is 50.5. The van der Waals surface area contributed by atoms with Crippen LogP contribution in [0.3, 0.4) is 0 Å². The maximum absolute atomic E-state index is 5.72. The standard InChI is InChI=1S/C10H17S.2BrH.Cu.Mg/c1-4-6-7-10(3)8-9-11-5-2;;;;/h3,8-9H,4-7H2,1-2H3;2*1H;;/q-1;;;+1;+2/p-2/b9-8+;;;;. The van der Waals surface area contributed by atoms with Crippen LogP contribution in [0.4, 0.5) is 0 Å². The molecule has 0 saturated carbocycles. The topological polar surface area (TPSA) is 0 Å². The summed E-state index contributed by atoms with van der Waals surface area (Å²) in [6, 6.07) is 0. The first-order chi connectivity index (χ1) is 5.31. The summed E-state index contributed by atoms with van der Waals surface area (Å²) in [5, 5.41) is 2.07. The van der Waals surface area contributed by atoms with Crippen molar-refractivity contribution in [2.75, 3.05) is 5.75 Å². The van der Waals surface area contributed by atoms with E-state index in [-0.39, 0.29) is 74.1 Å². The summed E-state index contributed by atoms with van der Waals surface area (Å²) in [6.07, 6.45) is 5.48. The zero-order chi connectivity index (χ0) is 8.53. The largest absolute Gasteiger partial charge is 2.00 e. The fourth-order valence-electron chi connectivity index (χ4n) is 0.696. The van der Waals surface area contributed by atoms with E-state index in [1.54, 1.807) is 11.8 Å². The van der Waals surface area contributed by atoms with Gasteiger partial charge >= 0.3 is 40.1 Å². The van der Waals surface area contributed by atoms with Gasteiger partial charge in [-0.1, -0.05) is 33.1 Å². The normalized spacial score (nSPS) is 7.87. The van der Waals surface area contributed by atoms with Gasteiger partial charge in [-0.2, -0.15) is 11.8 Å². The van der Waals surface area contributed by atoms with Crippen molar-refractivity contribution in [1.29, 1.82) is 0 Å². The predicted molar refractivity (Wildman–Crippen MR) is 60.4 cm³/mol. The van der Waals surface area contributed by atoms with Gasteiger partial charge in [-0.25, -0.2) is 11.6 Å². The molecule has 0 atom stereocenters. The quantitative estimate of drug-likeness (QED) is 0.260. The Hall–Kier alpha value is 2.08. The number of hydrogen-bond acceptors (Lipinski definition) is 1.